The van der Waals surface area contributed by atoms with E-state index in [1.807, 2.05) is 25.1 Å². The van der Waals surface area contributed by atoms with E-state index in [1.165, 1.54) is 6.92 Å². The van der Waals surface area contributed by atoms with E-state index >= 15 is 0 Å². The van der Waals surface area contributed by atoms with Crippen LogP contribution in [-0.2, 0) is 9.59 Å². The van der Waals surface area contributed by atoms with E-state index in [1.54, 1.807) is 30.3 Å². The maximum Gasteiger partial charge on any atom is 0.258 e. The third-order valence-corrected chi connectivity index (χ3v) is 3.51. The highest BCUT2D eigenvalue weighted by atomic mass is 35.5. The van der Waals surface area contributed by atoms with Gasteiger partial charge in [0.2, 0.25) is 5.91 Å². The van der Waals surface area contributed by atoms with Crippen molar-refractivity contribution in [2.24, 2.45) is 0 Å². The minimum Gasteiger partial charge on any atom is -0.484 e. The summed E-state index contributed by atoms with van der Waals surface area (Å²) in [7, 11) is 0. The molecule has 5 nitrogen and oxygen atoms in total. The summed E-state index contributed by atoms with van der Waals surface area (Å²) in [5.41, 5.74) is 1.60. The van der Waals surface area contributed by atoms with Gasteiger partial charge in [-0.2, -0.15) is 0 Å². The lowest BCUT2D eigenvalue weighted by atomic mass is 10.1. The van der Waals surface area contributed by atoms with Crippen molar-refractivity contribution in [1.29, 1.82) is 0 Å². The molecule has 2 aromatic rings. The maximum absolute atomic E-state index is 12.0. The average Bonchev–Trinajstić information content (AvgIpc) is 2.53. The molecule has 0 bridgehead atoms. The van der Waals surface area contributed by atoms with Crippen LogP contribution in [0.5, 0.6) is 5.75 Å². The molecule has 1 atom stereocenters. The van der Waals surface area contributed by atoms with Gasteiger partial charge in [-0.25, -0.2) is 0 Å². The van der Waals surface area contributed by atoms with Gasteiger partial charge in [-0.05, 0) is 48.9 Å². The number of ether oxygens (including phenoxy) is 1. The first kappa shape index (κ1) is 17.8. The number of hydrogen-bond acceptors (Lipinski definition) is 3. The predicted octanol–water partition coefficient (Wildman–Crippen LogP) is 3.55. The summed E-state index contributed by atoms with van der Waals surface area (Å²) in [4.78, 5) is 22.9. The lowest BCUT2D eigenvalue weighted by Gasteiger charge is -2.15. The zero-order valence-electron chi connectivity index (χ0n) is 13.5. The van der Waals surface area contributed by atoms with Gasteiger partial charge >= 0.3 is 0 Å². The van der Waals surface area contributed by atoms with Crippen molar-refractivity contribution in [3.8, 4) is 5.75 Å². The van der Waals surface area contributed by atoms with Crippen molar-refractivity contribution in [2.75, 3.05) is 11.9 Å². The number of halogens is 1. The van der Waals surface area contributed by atoms with Gasteiger partial charge in [0.1, 0.15) is 5.75 Å². The smallest absolute Gasteiger partial charge is 0.258 e. The van der Waals surface area contributed by atoms with Crippen LogP contribution in [0.4, 0.5) is 5.69 Å². The normalized spacial score (nSPS) is 11.5. The van der Waals surface area contributed by atoms with Crippen LogP contribution < -0.4 is 15.4 Å². The Morgan fingerprint density at radius 2 is 1.88 bits per heavy atom. The number of hydrogen-bond donors (Lipinski definition) is 2. The average molecular weight is 347 g/mol. The monoisotopic (exact) mass is 346 g/mol. The van der Waals surface area contributed by atoms with Crippen molar-refractivity contribution in [3.63, 3.8) is 0 Å². The van der Waals surface area contributed by atoms with Crippen molar-refractivity contribution in [2.45, 2.75) is 19.9 Å². The lowest BCUT2D eigenvalue weighted by Crippen LogP contribution is -2.31. The number of nitrogens with one attached hydrogen (secondary N) is 2. The standard InChI is InChI=1S/C18H19ClN2O3/c1-12(14-4-3-5-15(19)10-14)20-18(23)11-24-17-8-6-16(7-9-17)21-13(2)22/h3-10,12H,11H2,1-2H3,(H,20,23)(H,21,22)/t12-/m0/s1. The molecule has 0 unspecified atom stereocenters. The highest BCUT2D eigenvalue weighted by Crippen LogP contribution is 2.18. The Bertz CT molecular complexity index is 716. The van der Waals surface area contributed by atoms with Gasteiger partial charge in [-0.3, -0.25) is 9.59 Å². The molecular formula is C18H19ClN2O3. The van der Waals surface area contributed by atoms with Crippen molar-refractivity contribution < 1.29 is 14.3 Å². The second kappa shape index (κ2) is 8.36. The Kier molecular flexibility index (Phi) is 6.21. The Hall–Kier alpha value is -2.53. The molecule has 0 fully saturated rings. The first-order valence-corrected chi connectivity index (χ1v) is 7.87. The lowest BCUT2D eigenvalue weighted by molar-refractivity contribution is -0.123. The number of rotatable bonds is 6. The van der Waals surface area contributed by atoms with Crippen LogP contribution in [-0.4, -0.2) is 18.4 Å². The summed E-state index contributed by atoms with van der Waals surface area (Å²) in [6.45, 7) is 3.23. The van der Waals surface area contributed by atoms with Crippen molar-refractivity contribution >= 4 is 29.1 Å². The molecule has 0 aliphatic heterocycles. The molecule has 2 amide bonds. The predicted molar refractivity (Wildman–Crippen MR) is 94.3 cm³/mol. The molecule has 0 aromatic heterocycles. The van der Waals surface area contributed by atoms with Crippen LogP contribution >= 0.6 is 11.6 Å². The van der Waals surface area contributed by atoms with Gasteiger partial charge < -0.3 is 15.4 Å². The fourth-order valence-corrected chi connectivity index (χ4v) is 2.33. The highest BCUT2D eigenvalue weighted by molar-refractivity contribution is 6.30. The van der Waals surface area contributed by atoms with E-state index in [4.69, 9.17) is 16.3 Å². The summed E-state index contributed by atoms with van der Waals surface area (Å²) in [5, 5.41) is 6.14. The minimum atomic E-state index is -0.228. The van der Waals surface area contributed by atoms with E-state index in [0.29, 0.717) is 16.5 Å². The van der Waals surface area contributed by atoms with Gasteiger partial charge in [0.05, 0.1) is 6.04 Å². The summed E-state index contributed by atoms with van der Waals surface area (Å²) in [5.74, 6) is 0.182. The van der Waals surface area contributed by atoms with Crippen LogP contribution in [0.15, 0.2) is 48.5 Å². The SMILES string of the molecule is CC(=O)Nc1ccc(OCC(=O)N[C@@H](C)c2cccc(Cl)c2)cc1. The third kappa shape index (κ3) is 5.59. The Balaban J connectivity index is 1.83. The molecule has 6 heteroatoms. The van der Waals surface area contributed by atoms with Gasteiger partial charge in [-0.1, -0.05) is 23.7 Å². The number of anilines is 1. The first-order chi connectivity index (χ1) is 11.4. The van der Waals surface area contributed by atoms with Crippen molar-refractivity contribution in [1.82, 2.24) is 5.32 Å². The molecule has 126 valence electrons. The number of carbonyl (C=O) groups excluding carboxylic acids is 2. The molecule has 0 aliphatic carbocycles. The fraction of sp³-hybridized carbons (Fsp3) is 0.222. The molecule has 0 heterocycles. The van der Waals surface area contributed by atoms with Crippen LogP contribution in [0, 0.1) is 0 Å². The fourth-order valence-electron chi connectivity index (χ4n) is 2.13. The molecule has 0 saturated heterocycles. The molecule has 24 heavy (non-hydrogen) atoms. The van der Waals surface area contributed by atoms with E-state index < -0.39 is 0 Å². The molecule has 0 radical (unpaired) electrons. The summed E-state index contributed by atoms with van der Waals surface area (Å²) >= 11 is 5.95. The van der Waals surface area contributed by atoms with E-state index in [-0.39, 0.29) is 24.5 Å². The topological polar surface area (TPSA) is 67.4 Å². The van der Waals surface area contributed by atoms with E-state index in [9.17, 15) is 9.59 Å². The van der Waals surface area contributed by atoms with Crippen LogP contribution in [0.2, 0.25) is 5.02 Å². The van der Waals surface area contributed by atoms with Crippen LogP contribution in [0.25, 0.3) is 0 Å². The molecule has 2 rings (SSSR count). The van der Waals surface area contributed by atoms with Gasteiger partial charge in [-0.15, -0.1) is 0 Å². The Labute approximate surface area is 146 Å². The highest BCUT2D eigenvalue weighted by Gasteiger charge is 2.10. The Morgan fingerprint density at radius 1 is 1.17 bits per heavy atom. The maximum atomic E-state index is 12.0. The molecule has 0 aliphatic rings. The third-order valence-electron chi connectivity index (χ3n) is 3.27. The molecule has 0 spiro atoms. The number of benzene rings is 2. The van der Waals surface area contributed by atoms with Crippen LogP contribution in [0.3, 0.4) is 0 Å². The first-order valence-electron chi connectivity index (χ1n) is 7.49. The summed E-state index contributed by atoms with van der Waals surface area (Å²) in [6, 6.07) is 14.0. The summed E-state index contributed by atoms with van der Waals surface area (Å²) in [6.07, 6.45) is 0. The molecule has 2 N–H and O–H groups in total. The molecule has 2 aromatic carbocycles. The number of carbonyl (C=O) groups is 2. The second-order valence-electron chi connectivity index (χ2n) is 5.34. The van der Waals surface area contributed by atoms with Gasteiger partial charge in [0, 0.05) is 17.6 Å². The minimum absolute atomic E-state index is 0.0929. The summed E-state index contributed by atoms with van der Waals surface area (Å²) < 4.78 is 5.44. The van der Waals surface area contributed by atoms with E-state index in [0.717, 1.165) is 5.56 Å². The quantitative estimate of drug-likeness (QED) is 0.840. The van der Waals surface area contributed by atoms with Gasteiger partial charge in [0.15, 0.2) is 6.61 Å². The number of amides is 2. The molecular weight excluding hydrogens is 328 g/mol. The van der Waals surface area contributed by atoms with Gasteiger partial charge in [0.25, 0.3) is 5.91 Å². The second-order valence-corrected chi connectivity index (χ2v) is 5.77. The van der Waals surface area contributed by atoms with Crippen molar-refractivity contribution in [3.05, 3.63) is 59.1 Å². The molecule has 0 saturated carbocycles. The largest absolute Gasteiger partial charge is 0.484 e. The zero-order chi connectivity index (χ0) is 17.5. The Morgan fingerprint density at radius 3 is 2.50 bits per heavy atom. The van der Waals surface area contributed by atoms with E-state index in [2.05, 4.69) is 10.6 Å². The van der Waals surface area contributed by atoms with Crippen LogP contribution in [0.1, 0.15) is 25.5 Å². The zero-order valence-corrected chi connectivity index (χ0v) is 14.3.